The normalized spacial score (nSPS) is 9.80. The standard InChI is InChI=1S/C10H14N4O/c1-14(2)7-8-15-10-5-3-9(4-6-10)12-13-11/h3-6H,7-8H2,1-2H3. The van der Waals surface area contributed by atoms with E-state index in [9.17, 15) is 0 Å². The van der Waals surface area contributed by atoms with E-state index in [4.69, 9.17) is 10.3 Å². The molecular formula is C10H14N4O. The molecule has 0 amide bonds. The second-order valence-corrected chi connectivity index (χ2v) is 3.34. The summed E-state index contributed by atoms with van der Waals surface area (Å²) in [5.74, 6) is 0.786. The van der Waals surface area contributed by atoms with Gasteiger partial charge in [-0.1, -0.05) is 5.11 Å². The molecule has 1 rings (SSSR count). The molecular weight excluding hydrogens is 192 g/mol. The Bertz CT molecular complexity index is 341. The molecule has 0 aliphatic rings. The Balaban J connectivity index is 2.46. The molecule has 80 valence electrons. The third-order valence-electron chi connectivity index (χ3n) is 1.80. The van der Waals surface area contributed by atoms with Gasteiger partial charge < -0.3 is 9.64 Å². The van der Waals surface area contributed by atoms with Crippen molar-refractivity contribution in [1.82, 2.24) is 4.90 Å². The van der Waals surface area contributed by atoms with Crippen molar-refractivity contribution in [1.29, 1.82) is 0 Å². The first-order valence-electron chi connectivity index (χ1n) is 4.65. The van der Waals surface area contributed by atoms with Gasteiger partial charge in [-0.2, -0.15) is 0 Å². The van der Waals surface area contributed by atoms with Crippen LogP contribution in [0.4, 0.5) is 5.69 Å². The van der Waals surface area contributed by atoms with E-state index in [1.165, 1.54) is 0 Å². The van der Waals surface area contributed by atoms with Crippen molar-refractivity contribution in [2.45, 2.75) is 0 Å². The fourth-order valence-corrected chi connectivity index (χ4v) is 1.01. The molecule has 1 aromatic carbocycles. The summed E-state index contributed by atoms with van der Waals surface area (Å²) < 4.78 is 5.47. The molecule has 5 nitrogen and oxygen atoms in total. The summed E-state index contributed by atoms with van der Waals surface area (Å²) in [5, 5.41) is 3.47. The Labute approximate surface area is 88.9 Å². The summed E-state index contributed by atoms with van der Waals surface area (Å²) in [6.07, 6.45) is 0. The number of benzene rings is 1. The van der Waals surface area contributed by atoms with E-state index in [0.29, 0.717) is 12.3 Å². The molecule has 0 N–H and O–H groups in total. The number of nitrogens with zero attached hydrogens (tertiary/aromatic N) is 4. The zero-order valence-electron chi connectivity index (χ0n) is 8.92. The molecule has 0 heterocycles. The number of rotatable bonds is 5. The van der Waals surface area contributed by atoms with Crippen LogP contribution in [0.2, 0.25) is 0 Å². The van der Waals surface area contributed by atoms with Gasteiger partial charge in [-0.3, -0.25) is 0 Å². The minimum Gasteiger partial charge on any atom is -0.492 e. The lowest BCUT2D eigenvalue weighted by atomic mass is 10.3. The van der Waals surface area contributed by atoms with Crippen LogP contribution in [-0.4, -0.2) is 32.1 Å². The molecule has 0 radical (unpaired) electrons. The number of ether oxygens (including phenoxy) is 1. The van der Waals surface area contributed by atoms with Gasteiger partial charge in [0.15, 0.2) is 0 Å². The van der Waals surface area contributed by atoms with Crippen molar-refractivity contribution < 1.29 is 4.74 Å². The van der Waals surface area contributed by atoms with Crippen LogP contribution in [0.1, 0.15) is 0 Å². The smallest absolute Gasteiger partial charge is 0.119 e. The van der Waals surface area contributed by atoms with E-state index < -0.39 is 0 Å². The highest BCUT2D eigenvalue weighted by Gasteiger charge is 1.94. The summed E-state index contributed by atoms with van der Waals surface area (Å²) >= 11 is 0. The van der Waals surface area contributed by atoms with Gasteiger partial charge in [0.2, 0.25) is 0 Å². The lowest BCUT2D eigenvalue weighted by Crippen LogP contribution is -2.19. The van der Waals surface area contributed by atoms with Crippen LogP contribution < -0.4 is 4.74 Å². The second kappa shape index (κ2) is 5.90. The minimum absolute atomic E-state index is 0.595. The Kier molecular flexibility index (Phi) is 4.47. The highest BCUT2D eigenvalue weighted by atomic mass is 16.5. The summed E-state index contributed by atoms with van der Waals surface area (Å²) in [6, 6.07) is 7.04. The van der Waals surface area contributed by atoms with Crippen LogP contribution in [0.15, 0.2) is 29.4 Å². The molecule has 0 atom stereocenters. The van der Waals surface area contributed by atoms with E-state index in [-0.39, 0.29) is 0 Å². The SMILES string of the molecule is CN(C)CCOc1ccc(N=[N+]=[N-])cc1. The van der Waals surface area contributed by atoms with Gasteiger partial charge in [0.05, 0.1) is 0 Å². The quantitative estimate of drug-likeness (QED) is 0.422. The molecule has 0 saturated carbocycles. The highest BCUT2D eigenvalue weighted by molar-refractivity contribution is 5.40. The topological polar surface area (TPSA) is 61.2 Å². The maximum Gasteiger partial charge on any atom is 0.119 e. The third kappa shape index (κ3) is 4.35. The first-order chi connectivity index (χ1) is 7.22. The van der Waals surface area contributed by atoms with Crippen molar-refractivity contribution in [3.8, 4) is 5.75 Å². The van der Waals surface area contributed by atoms with Crippen LogP contribution in [-0.2, 0) is 0 Å². The number of hydrogen-bond acceptors (Lipinski definition) is 3. The van der Waals surface area contributed by atoms with Gasteiger partial charge in [-0.25, -0.2) is 0 Å². The summed E-state index contributed by atoms with van der Waals surface area (Å²) in [4.78, 5) is 4.75. The Morgan fingerprint density at radius 2 is 2.00 bits per heavy atom. The maximum absolute atomic E-state index is 8.21. The monoisotopic (exact) mass is 206 g/mol. The largest absolute Gasteiger partial charge is 0.492 e. The van der Waals surface area contributed by atoms with Crippen LogP contribution >= 0.6 is 0 Å². The summed E-state index contributed by atoms with van der Waals surface area (Å²) in [5.41, 5.74) is 8.81. The van der Waals surface area contributed by atoms with E-state index in [1.807, 2.05) is 19.0 Å². The maximum atomic E-state index is 8.21. The number of azide groups is 1. The molecule has 5 heteroatoms. The molecule has 0 unspecified atom stereocenters. The Hall–Kier alpha value is -1.71. The van der Waals surface area contributed by atoms with Gasteiger partial charge in [0, 0.05) is 17.1 Å². The average molecular weight is 206 g/mol. The second-order valence-electron chi connectivity index (χ2n) is 3.34. The predicted octanol–water partition coefficient (Wildman–Crippen LogP) is 2.57. The lowest BCUT2D eigenvalue weighted by Gasteiger charge is -2.10. The van der Waals surface area contributed by atoms with Crippen molar-refractivity contribution in [3.05, 3.63) is 34.7 Å². The summed E-state index contributed by atoms with van der Waals surface area (Å²) in [6.45, 7) is 1.52. The predicted molar refractivity (Wildman–Crippen MR) is 59.3 cm³/mol. The molecule has 0 saturated heterocycles. The molecule has 1 aromatic rings. The fourth-order valence-electron chi connectivity index (χ4n) is 1.01. The van der Waals surface area contributed by atoms with Gasteiger partial charge in [-0.15, -0.1) is 0 Å². The lowest BCUT2D eigenvalue weighted by molar-refractivity contribution is 0.261. The number of likely N-dealkylation sites (N-methyl/N-ethyl adjacent to an activating group) is 1. The van der Waals surface area contributed by atoms with Crippen molar-refractivity contribution >= 4 is 5.69 Å². The van der Waals surface area contributed by atoms with E-state index in [2.05, 4.69) is 10.0 Å². The molecule has 0 aliphatic heterocycles. The van der Waals surface area contributed by atoms with Gasteiger partial charge in [0.25, 0.3) is 0 Å². The van der Waals surface area contributed by atoms with Crippen LogP contribution in [0.25, 0.3) is 10.4 Å². The Morgan fingerprint density at radius 1 is 1.33 bits per heavy atom. The van der Waals surface area contributed by atoms with Crippen molar-refractivity contribution in [2.24, 2.45) is 5.11 Å². The highest BCUT2D eigenvalue weighted by Crippen LogP contribution is 2.17. The first kappa shape index (κ1) is 11.4. The van der Waals surface area contributed by atoms with Gasteiger partial charge in [0.1, 0.15) is 12.4 Å². The minimum atomic E-state index is 0.595. The molecule has 0 fully saturated rings. The Morgan fingerprint density at radius 3 is 2.53 bits per heavy atom. The molecule has 0 spiro atoms. The van der Waals surface area contributed by atoms with Crippen LogP contribution in [0, 0.1) is 0 Å². The van der Waals surface area contributed by atoms with Gasteiger partial charge >= 0.3 is 0 Å². The van der Waals surface area contributed by atoms with Crippen molar-refractivity contribution in [2.75, 3.05) is 27.2 Å². The van der Waals surface area contributed by atoms with E-state index >= 15 is 0 Å². The first-order valence-corrected chi connectivity index (χ1v) is 4.65. The number of hydrogen-bond donors (Lipinski definition) is 0. The van der Waals surface area contributed by atoms with Crippen molar-refractivity contribution in [3.63, 3.8) is 0 Å². The third-order valence-corrected chi connectivity index (χ3v) is 1.80. The van der Waals surface area contributed by atoms with E-state index in [0.717, 1.165) is 12.3 Å². The van der Waals surface area contributed by atoms with Crippen LogP contribution in [0.3, 0.4) is 0 Å². The zero-order valence-corrected chi connectivity index (χ0v) is 8.92. The van der Waals surface area contributed by atoms with Crippen LogP contribution in [0.5, 0.6) is 5.75 Å². The fraction of sp³-hybridized carbons (Fsp3) is 0.400. The van der Waals surface area contributed by atoms with E-state index in [1.54, 1.807) is 24.3 Å². The zero-order chi connectivity index (χ0) is 11.1. The van der Waals surface area contributed by atoms with Gasteiger partial charge in [-0.05, 0) is 43.9 Å². The average Bonchev–Trinajstić information content (AvgIpc) is 2.20. The summed E-state index contributed by atoms with van der Waals surface area (Å²) in [7, 11) is 3.99. The molecule has 0 aliphatic carbocycles. The molecule has 0 bridgehead atoms. The molecule has 0 aromatic heterocycles. The molecule has 15 heavy (non-hydrogen) atoms.